The molecule has 4 rings (SSSR count). The van der Waals surface area contributed by atoms with Gasteiger partial charge >= 0.3 is 0 Å². The second-order valence-electron chi connectivity index (χ2n) is 7.11. The Morgan fingerprint density at radius 3 is 2.35 bits per heavy atom. The number of nitriles is 1. The highest BCUT2D eigenvalue weighted by molar-refractivity contribution is 7.07. The number of nitrogens with zero attached hydrogens (tertiary/aromatic N) is 2. The third kappa shape index (κ3) is 4.94. The van der Waals surface area contributed by atoms with E-state index in [1.54, 1.807) is 73.8 Å². The highest BCUT2D eigenvalue weighted by Gasteiger charge is 2.17. The van der Waals surface area contributed by atoms with Gasteiger partial charge in [0.2, 0.25) is 0 Å². The third-order valence-corrected chi connectivity index (χ3v) is 6.25. The summed E-state index contributed by atoms with van der Waals surface area (Å²) >= 11 is 6.99. The molecular formula is C26H18ClN3O3S. The van der Waals surface area contributed by atoms with E-state index in [4.69, 9.17) is 16.3 Å². The fourth-order valence-corrected chi connectivity index (χ4v) is 4.46. The lowest BCUT2D eigenvalue weighted by molar-refractivity contribution is -0.111. The van der Waals surface area contributed by atoms with Crippen molar-refractivity contribution in [3.63, 3.8) is 0 Å². The summed E-state index contributed by atoms with van der Waals surface area (Å²) in [5.41, 5.74) is 1.33. The van der Waals surface area contributed by atoms with Crippen molar-refractivity contribution in [1.82, 2.24) is 4.57 Å². The number of anilines is 1. The van der Waals surface area contributed by atoms with Crippen LogP contribution in [0, 0.1) is 11.3 Å². The summed E-state index contributed by atoms with van der Waals surface area (Å²) in [6.45, 7) is 0. The molecule has 0 spiro atoms. The molecule has 0 saturated heterocycles. The fourth-order valence-electron chi connectivity index (χ4n) is 3.24. The Bertz CT molecular complexity index is 1550. The minimum absolute atomic E-state index is 0.171. The molecule has 0 fully saturated rings. The van der Waals surface area contributed by atoms with Gasteiger partial charge in [-0.25, -0.2) is 0 Å². The molecule has 0 saturated carbocycles. The number of nitrogens with one attached hydrogen (secondary N) is 1. The monoisotopic (exact) mass is 487 g/mol. The minimum atomic E-state index is -0.619. The van der Waals surface area contributed by atoms with Crippen LogP contribution in [0.25, 0.3) is 17.3 Å². The minimum Gasteiger partial charge on any atom is -0.497 e. The molecule has 6 nitrogen and oxygen atoms in total. The number of methoxy groups -OCH3 is 1. The molecule has 4 aromatic rings. The van der Waals surface area contributed by atoms with Crippen LogP contribution in [0.3, 0.4) is 0 Å². The first-order valence-corrected chi connectivity index (χ1v) is 11.3. The maximum Gasteiger partial charge on any atom is 0.273 e. The van der Waals surface area contributed by atoms with Crippen molar-refractivity contribution in [2.24, 2.45) is 0 Å². The summed E-state index contributed by atoms with van der Waals surface area (Å²) in [6, 6.07) is 24.7. The molecule has 168 valence electrons. The number of ether oxygens (including phenoxy) is 1. The molecule has 8 heteroatoms. The van der Waals surface area contributed by atoms with Gasteiger partial charge in [0.05, 0.1) is 17.3 Å². The Kier molecular flexibility index (Phi) is 6.93. The van der Waals surface area contributed by atoms with Crippen LogP contribution in [0.4, 0.5) is 5.69 Å². The molecule has 1 N–H and O–H groups in total. The quantitative estimate of drug-likeness (QED) is 0.465. The lowest BCUT2D eigenvalue weighted by Crippen LogP contribution is -2.32. The number of hydrogen-bond donors (Lipinski definition) is 1. The largest absolute Gasteiger partial charge is 0.497 e. The van der Waals surface area contributed by atoms with E-state index in [0.717, 1.165) is 16.9 Å². The van der Waals surface area contributed by atoms with Crippen molar-refractivity contribution >= 4 is 46.2 Å². The van der Waals surface area contributed by atoms with Crippen molar-refractivity contribution in [2.75, 3.05) is 12.4 Å². The first-order valence-electron chi connectivity index (χ1n) is 10.1. The Hall–Kier alpha value is -4.12. The Balaban J connectivity index is 1.91. The summed E-state index contributed by atoms with van der Waals surface area (Å²) in [7, 11) is 1.58. The van der Waals surface area contributed by atoms with Crippen LogP contribution in [0.2, 0.25) is 5.02 Å². The normalized spacial score (nSPS) is 12.1. The predicted octanol–water partition coefficient (Wildman–Crippen LogP) is 3.70. The van der Waals surface area contributed by atoms with E-state index in [1.165, 1.54) is 4.57 Å². The maximum absolute atomic E-state index is 13.4. The first kappa shape index (κ1) is 23.1. The number of hydrogen-bond acceptors (Lipinski definition) is 5. The van der Waals surface area contributed by atoms with E-state index in [1.807, 2.05) is 24.3 Å². The predicted molar refractivity (Wildman–Crippen MR) is 135 cm³/mol. The molecule has 1 aromatic heterocycles. The van der Waals surface area contributed by atoms with E-state index in [9.17, 15) is 14.9 Å². The zero-order valence-electron chi connectivity index (χ0n) is 18.0. The summed E-state index contributed by atoms with van der Waals surface area (Å²) in [6.07, 6.45) is 1.72. The van der Waals surface area contributed by atoms with Gasteiger partial charge in [-0.3, -0.25) is 14.2 Å². The van der Waals surface area contributed by atoms with Crippen LogP contribution >= 0.6 is 22.9 Å². The topological polar surface area (TPSA) is 84.1 Å². The van der Waals surface area contributed by atoms with Crippen molar-refractivity contribution in [2.45, 2.75) is 0 Å². The van der Waals surface area contributed by atoms with Crippen molar-refractivity contribution < 1.29 is 9.53 Å². The molecule has 0 aliphatic heterocycles. The maximum atomic E-state index is 13.4. The number of amides is 1. The molecule has 1 heterocycles. The van der Waals surface area contributed by atoms with Gasteiger partial charge in [-0.2, -0.15) is 5.26 Å². The molecular weight excluding hydrogens is 470 g/mol. The van der Waals surface area contributed by atoms with Crippen molar-refractivity contribution in [1.29, 1.82) is 5.26 Å². The summed E-state index contributed by atoms with van der Waals surface area (Å²) < 4.78 is 7.20. The number of benzene rings is 3. The van der Waals surface area contributed by atoms with Gasteiger partial charge in [-0.05, 0) is 60.2 Å². The van der Waals surface area contributed by atoms with E-state index in [0.29, 0.717) is 26.7 Å². The van der Waals surface area contributed by atoms with Crippen LogP contribution in [0.5, 0.6) is 5.75 Å². The molecule has 0 bridgehead atoms. The number of halogens is 1. The molecule has 34 heavy (non-hydrogen) atoms. The first-order chi connectivity index (χ1) is 16.5. The van der Waals surface area contributed by atoms with E-state index in [-0.39, 0.29) is 15.8 Å². The molecule has 1 amide bonds. The smallest absolute Gasteiger partial charge is 0.273 e. The van der Waals surface area contributed by atoms with Gasteiger partial charge < -0.3 is 10.1 Å². The van der Waals surface area contributed by atoms with Crippen LogP contribution in [-0.2, 0) is 4.79 Å². The Morgan fingerprint density at radius 2 is 1.74 bits per heavy atom. The van der Waals surface area contributed by atoms with Gasteiger partial charge in [0.25, 0.3) is 11.5 Å². The number of thiazole rings is 1. The lowest BCUT2D eigenvalue weighted by atomic mass is 10.2. The molecule has 0 aliphatic carbocycles. The number of rotatable bonds is 5. The van der Waals surface area contributed by atoms with Gasteiger partial charge in [-0.1, -0.05) is 41.9 Å². The summed E-state index contributed by atoms with van der Waals surface area (Å²) in [5, 5.41) is 13.1. The summed E-state index contributed by atoms with van der Waals surface area (Å²) in [4.78, 5) is 26.4. The number of carbonyl (C=O) groups is 1. The van der Waals surface area contributed by atoms with E-state index >= 15 is 0 Å². The second-order valence-corrected chi connectivity index (χ2v) is 8.58. The zero-order valence-corrected chi connectivity index (χ0v) is 19.6. The van der Waals surface area contributed by atoms with E-state index < -0.39 is 5.91 Å². The standard InChI is InChI=1S/C26H18ClN3O3S/c1-33-21-13-7-17(8-14-21)15-23-25(32)30(20-5-3-2-4-6-20)26(34-23)22(16-28)24(31)29-19-11-9-18(27)10-12-19/h2-15H,1H3,(H,29,31). The van der Waals surface area contributed by atoms with Gasteiger partial charge in [-0.15, -0.1) is 11.3 Å². The highest BCUT2D eigenvalue weighted by Crippen LogP contribution is 2.15. The average Bonchev–Trinajstić information content (AvgIpc) is 3.17. The zero-order chi connectivity index (χ0) is 24.1. The fraction of sp³-hybridized carbons (Fsp3) is 0.0385. The molecule has 0 atom stereocenters. The van der Waals surface area contributed by atoms with Crippen molar-refractivity contribution in [3.8, 4) is 17.5 Å². The van der Waals surface area contributed by atoms with Gasteiger partial charge in [0, 0.05) is 10.7 Å². The molecule has 0 radical (unpaired) electrons. The lowest BCUT2D eigenvalue weighted by Gasteiger charge is -2.06. The molecule has 0 unspecified atom stereocenters. The van der Waals surface area contributed by atoms with Gasteiger partial charge in [0.15, 0.2) is 5.57 Å². The highest BCUT2D eigenvalue weighted by atomic mass is 35.5. The number of carbonyl (C=O) groups excluding carboxylic acids is 1. The van der Waals surface area contributed by atoms with Crippen LogP contribution in [0.15, 0.2) is 83.7 Å². The SMILES string of the molecule is COc1ccc(C=c2sc(=C(C#N)C(=O)Nc3ccc(Cl)cc3)n(-c3ccccc3)c2=O)cc1. The summed E-state index contributed by atoms with van der Waals surface area (Å²) in [5.74, 6) is 0.0800. The Morgan fingerprint density at radius 1 is 1.06 bits per heavy atom. The van der Waals surface area contributed by atoms with Crippen molar-refractivity contribution in [3.05, 3.63) is 109 Å². The second kappa shape index (κ2) is 10.2. The van der Waals surface area contributed by atoms with Crippen LogP contribution in [0.1, 0.15) is 5.56 Å². The number of aromatic nitrogens is 1. The third-order valence-electron chi connectivity index (χ3n) is 4.91. The Labute approximate surface area is 204 Å². The number of para-hydroxylation sites is 1. The molecule has 3 aromatic carbocycles. The average molecular weight is 488 g/mol. The van der Waals surface area contributed by atoms with Gasteiger partial charge in [0.1, 0.15) is 16.5 Å². The van der Waals surface area contributed by atoms with Crippen LogP contribution in [-0.4, -0.2) is 17.6 Å². The van der Waals surface area contributed by atoms with Crippen LogP contribution < -0.4 is 24.8 Å². The van der Waals surface area contributed by atoms with E-state index in [2.05, 4.69) is 5.32 Å². The molecule has 0 aliphatic rings.